The van der Waals surface area contributed by atoms with Gasteiger partial charge in [0.2, 0.25) is 24.5 Å². The monoisotopic (exact) mass is 774 g/mol. The van der Waals surface area contributed by atoms with Crippen molar-refractivity contribution in [3.63, 3.8) is 0 Å². The number of aliphatic hydroxyl groups is 1. The standard InChI is InChI=1S/C34H38N4O13S2/c1-33(2)23(30(44)49-15-17-8-6-5-7-9-17)37-27(43)22(28(37)52-33)35-25(41)21(18-10-12-19(40)13-11-18)36-32(46)51-16-50-31(45)24-34(3,4)53(47,48)29-20(14-39)26(42)38(24)29/h5-13,20-24,28-29,39-40H,14-16H2,1-4H3,(H,35,41)(H,36,46)/t20-,21?,22?,23+,24+,28-,29-/m1/s1. The fourth-order valence-electron chi connectivity index (χ4n) is 7.08. The van der Waals surface area contributed by atoms with Gasteiger partial charge < -0.3 is 44.9 Å². The molecule has 7 atom stereocenters. The zero-order valence-corrected chi connectivity index (χ0v) is 30.6. The SMILES string of the molecule is CC1(C)S[C@@H]2C(NC(=O)C(NC(=O)OCOC(=O)[C@@H]3N4C(=O)[C@@H](CO)[C@H]4S(=O)(=O)C3(C)C)c3ccc(O)cc3)C(=O)N2[C@H]1C(=O)OCc1ccccc1. The van der Waals surface area contributed by atoms with Gasteiger partial charge in [0.15, 0.2) is 9.84 Å². The molecule has 2 aromatic carbocycles. The zero-order valence-electron chi connectivity index (χ0n) is 29.0. The van der Waals surface area contributed by atoms with Crippen molar-refractivity contribution in [2.75, 3.05) is 13.4 Å². The molecular weight excluding hydrogens is 737 g/mol. The average Bonchev–Trinajstić information content (AvgIpc) is 3.44. The molecule has 0 aromatic heterocycles. The second-order valence-corrected chi connectivity index (χ2v) is 18.4. The van der Waals surface area contributed by atoms with Gasteiger partial charge in [-0.1, -0.05) is 42.5 Å². The van der Waals surface area contributed by atoms with Crippen LogP contribution in [0.1, 0.15) is 44.9 Å². The molecule has 0 spiro atoms. The van der Waals surface area contributed by atoms with Crippen LogP contribution in [0.25, 0.3) is 0 Å². The van der Waals surface area contributed by atoms with E-state index in [1.54, 1.807) is 26.0 Å². The number of carbonyl (C=O) groups is 6. The van der Waals surface area contributed by atoms with Crippen LogP contribution in [0.3, 0.4) is 0 Å². The predicted octanol–water partition coefficient (Wildman–Crippen LogP) is 0.303. The summed E-state index contributed by atoms with van der Waals surface area (Å²) < 4.78 is 39.1. The number of benzene rings is 2. The predicted molar refractivity (Wildman–Crippen MR) is 184 cm³/mol. The molecule has 2 aromatic rings. The van der Waals surface area contributed by atoms with E-state index in [-0.39, 0.29) is 17.9 Å². The number of ether oxygens (including phenoxy) is 3. The number of carbonyl (C=O) groups excluding carboxylic acids is 6. The normalized spacial score (nSPS) is 27.6. The molecule has 0 saturated carbocycles. The number of nitrogens with zero attached hydrogens (tertiary/aromatic N) is 2. The third kappa shape index (κ3) is 6.43. The largest absolute Gasteiger partial charge is 0.508 e. The van der Waals surface area contributed by atoms with E-state index < -0.39 is 109 Å². The van der Waals surface area contributed by atoms with E-state index in [4.69, 9.17) is 14.2 Å². The summed E-state index contributed by atoms with van der Waals surface area (Å²) in [5.74, 6) is -5.21. The van der Waals surface area contributed by atoms with Gasteiger partial charge in [0, 0.05) is 4.75 Å². The molecule has 4 aliphatic rings. The molecule has 4 N–H and O–H groups in total. The van der Waals surface area contributed by atoms with Gasteiger partial charge in [-0.2, -0.15) is 0 Å². The summed E-state index contributed by atoms with van der Waals surface area (Å²) in [6.45, 7) is 4.35. The topological polar surface area (TPSA) is 235 Å². The van der Waals surface area contributed by atoms with Crippen molar-refractivity contribution < 1.29 is 61.6 Å². The molecule has 53 heavy (non-hydrogen) atoms. The van der Waals surface area contributed by atoms with Crippen molar-refractivity contribution in [2.24, 2.45) is 5.92 Å². The first-order chi connectivity index (χ1) is 24.9. The van der Waals surface area contributed by atoms with E-state index in [1.165, 1.54) is 54.8 Å². The van der Waals surface area contributed by atoms with Crippen molar-refractivity contribution in [3.8, 4) is 5.75 Å². The number of phenols is 1. The number of hydrogen-bond donors (Lipinski definition) is 4. The lowest BCUT2D eigenvalue weighted by Gasteiger charge is -2.44. The quantitative estimate of drug-likeness (QED) is 0.137. The Labute approximate surface area is 308 Å². The highest BCUT2D eigenvalue weighted by Gasteiger charge is 2.72. The van der Waals surface area contributed by atoms with Gasteiger partial charge in [-0.25, -0.2) is 22.8 Å². The maximum absolute atomic E-state index is 13.7. The fourth-order valence-corrected chi connectivity index (χ4v) is 11.0. The Balaban J connectivity index is 1.08. The number of esters is 2. The molecule has 4 heterocycles. The Kier molecular flexibility index (Phi) is 9.88. The van der Waals surface area contributed by atoms with Crippen LogP contribution in [0.4, 0.5) is 4.79 Å². The zero-order chi connectivity index (χ0) is 38.6. The number of aromatic hydroxyl groups is 1. The number of sulfone groups is 1. The number of amides is 4. The lowest BCUT2D eigenvalue weighted by Crippen LogP contribution is -2.71. The number of hydrogen-bond acceptors (Lipinski definition) is 14. The van der Waals surface area contributed by atoms with Crippen LogP contribution in [-0.2, 0) is 54.6 Å². The van der Waals surface area contributed by atoms with Crippen LogP contribution < -0.4 is 10.6 Å². The van der Waals surface area contributed by atoms with E-state index in [2.05, 4.69) is 10.6 Å². The maximum atomic E-state index is 13.7. The molecule has 4 fully saturated rings. The number of rotatable bonds is 11. The molecule has 19 heteroatoms. The molecule has 0 radical (unpaired) electrons. The van der Waals surface area contributed by atoms with Crippen molar-refractivity contribution >= 4 is 57.4 Å². The highest BCUT2D eigenvalue weighted by atomic mass is 32.2. The molecule has 4 aliphatic heterocycles. The number of fused-ring (bicyclic) bond motifs is 2. The van der Waals surface area contributed by atoms with E-state index >= 15 is 0 Å². The number of alkyl carbamates (subject to hydrolysis) is 1. The number of aliphatic hydroxyl groups excluding tert-OH is 1. The van der Waals surface area contributed by atoms with Gasteiger partial charge in [0.1, 0.15) is 47.3 Å². The number of nitrogens with one attached hydrogen (secondary N) is 2. The number of β-lactam (4-membered cyclic amide) rings is 2. The first-order valence-electron chi connectivity index (χ1n) is 16.5. The number of phenolic OH excluding ortho intramolecular Hbond substituents is 1. The Morgan fingerprint density at radius 2 is 1.53 bits per heavy atom. The Hall–Kier alpha value is -4.88. The minimum Gasteiger partial charge on any atom is -0.508 e. The summed E-state index contributed by atoms with van der Waals surface area (Å²) in [6.07, 6.45) is -1.25. The average molecular weight is 775 g/mol. The third-order valence-corrected chi connectivity index (χ3v) is 14.4. The van der Waals surface area contributed by atoms with Crippen molar-refractivity contribution in [1.29, 1.82) is 0 Å². The van der Waals surface area contributed by atoms with Gasteiger partial charge in [-0.15, -0.1) is 11.8 Å². The molecule has 2 unspecified atom stereocenters. The van der Waals surface area contributed by atoms with Crippen molar-refractivity contribution in [1.82, 2.24) is 20.4 Å². The summed E-state index contributed by atoms with van der Waals surface area (Å²) >= 11 is 1.30. The van der Waals surface area contributed by atoms with Crippen LogP contribution in [0.2, 0.25) is 0 Å². The molecule has 284 valence electrons. The fraction of sp³-hybridized carbons (Fsp3) is 0.471. The number of thioether (sulfide) groups is 1. The van der Waals surface area contributed by atoms with Crippen LogP contribution in [-0.4, -0.2) is 116 Å². The van der Waals surface area contributed by atoms with Gasteiger partial charge in [0.25, 0.3) is 0 Å². The molecule has 17 nitrogen and oxygen atoms in total. The van der Waals surface area contributed by atoms with Crippen LogP contribution >= 0.6 is 11.8 Å². The van der Waals surface area contributed by atoms with Crippen LogP contribution in [0.15, 0.2) is 54.6 Å². The second-order valence-electron chi connectivity index (χ2n) is 14.0. The lowest BCUT2D eigenvalue weighted by molar-refractivity contribution is -0.172. The smallest absolute Gasteiger partial charge is 0.410 e. The Morgan fingerprint density at radius 3 is 2.17 bits per heavy atom. The van der Waals surface area contributed by atoms with Crippen LogP contribution in [0, 0.1) is 5.92 Å². The van der Waals surface area contributed by atoms with Gasteiger partial charge in [-0.05, 0) is 51.0 Å². The summed E-state index contributed by atoms with van der Waals surface area (Å²) in [5, 5.41) is 22.2. The molecule has 4 saturated heterocycles. The summed E-state index contributed by atoms with van der Waals surface area (Å²) in [6, 6.07) is 9.24. The lowest BCUT2D eigenvalue weighted by atomic mass is 9.92. The third-order valence-electron chi connectivity index (χ3n) is 9.93. The summed E-state index contributed by atoms with van der Waals surface area (Å²) in [7, 11) is -4.09. The van der Waals surface area contributed by atoms with E-state index in [0.29, 0.717) is 0 Å². The van der Waals surface area contributed by atoms with E-state index in [9.17, 15) is 47.4 Å². The van der Waals surface area contributed by atoms with Crippen LogP contribution in [0.5, 0.6) is 5.75 Å². The highest BCUT2D eigenvalue weighted by molar-refractivity contribution is 8.01. The maximum Gasteiger partial charge on any atom is 0.410 e. The molecule has 6 rings (SSSR count). The van der Waals surface area contributed by atoms with E-state index in [0.717, 1.165) is 10.5 Å². The summed E-state index contributed by atoms with van der Waals surface area (Å²) in [5.41, 5.74) is 0.954. The first-order valence-corrected chi connectivity index (χ1v) is 18.9. The van der Waals surface area contributed by atoms with E-state index in [1.807, 2.05) is 18.2 Å². The Morgan fingerprint density at radius 1 is 0.887 bits per heavy atom. The molecule has 0 aliphatic carbocycles. The van der Waals surface area contributed by atoms with Crippen molar-refractivity contribution in [2.45, 2.75) is 78.7 Å². The molecule has 4 amide bonds. The first kappa shape index (κ1) is 37.9. The minimum absolute atomic E-state index is 0.0170. The Bertz CT molecular complexity index is 1940. The second kappa shape index (κ2) is 13.8. The van der Waals surface area contributed by atoms with Gasteiger partial charge in [0.05, 0.1) is 17.3 Å². The molecular formula is C34H38N4O13S2. The minimum atomic E-state index is -4.09. The van der Waals surface area contributed by atoms with Gasteiger partial charge >= 0.3 is 18.0 Å². The van der Waals surface area contributed by atoms with Crippen molar-refractivity contribution in [3.05, 3.63) is 65.7 Å². The highest BCUT2D eigenvalue weighted by Crippen LogP contribution is 2.51. The summed E-state index contributed by atoms with van der Waals surface area (Å²) in [4.78, 5) is 80.9. The van der Waals surface area contributed by atoms with Gasteiger partial charge in [-0.3, -0.25) is 14.4 Å². The molecule has 0 bridgehead atoms.